The van der Waals surface area contributed by atoms with Crippen LogP contribution in [-0.2, 0) is 13.1 Å². The SMILES string of the molecule is CCn1cc(C(=O)/C=C/c2ccc(OC)c(Cn3nc(C)c(Br)c3C)c2)c(C)n1. The Labute approximate surface area is 179 Å². The summed E-state index contributed by atoms with van der Waals surface area (Å²) in [6, 6.07) is 5.88. The molecular formula is C22H25BrN4O2. The molecule has 29 heavy (non-hydrogen) atoms. The van der Waals surface area contributed by atoms with Gasteiger partial charge in [0.2, 0.25) is 0 Å². The van der Waals surface area contributed by atoms with E-state index < -0.39 is 0 Å². The molecule has 0 spiro atoms. The van der Waals surface area contributed by atoms with Crippen LogP contribution in [0.3, 0.4) is 0 Å². The molecule has 2 aromatic heterocycles. The molecule has 6 nitrogen and oxygen atoms in total. The smallest absolute Gasteiger partial charge is 0.189 e. The number of ketones is 1. The summed E-state index contributed by atoms with van der Waals surface area (Å²) in [5.41, 5.74) is 5.30. The zero-order valence-electron chi connectivity index (χ0n) is 17.4. The van der Waals surface area contributed by atoms with Gasteiger partial charge in [0.25, 0.3) is 0 Å². The normalized spacial score (nSPS) is 11.4. The molecule has 0 amide bonds. The van der Waals surface area contributed by atoms with Crippen LogP contribution in [0.5, 0.6) is 5.75 Å². The number of allylic oxidation sites excluding steroid dienone is 1. The molecule has 0 fully saturated rings. The van der Waals surface area contributed by atoms with E-state index in [0.717, 1.165) is 45.0 Å². The number of hydrogen-bond donors (Lipinski definition) is 0. The Hall–Kier alpha value is -2.67. The Morgan fingerprint density at radius 2 is 1.97 bits per heavy atom. The number of halogens is 1. The van der Waals surface area contributed by atoms with Gasteiger partial charge in [-0.2, -0.15) is 10.2 Å². The second kappa shape index (κ2) is 8.78. The number of hydrogen-bond acceptors (Lipinski definition) is 4. The number of nitrogens with zero attached hydrogens (tertiary/aromatic N) is 4. The number of benzene rings is 1. The Bertz CT molecular complexity index is 1080. The molecule has 0 radical (unpaired) electrons. The van der Waals surface area contributed by atoms with Crippen LogP contribution in [-0.4, -0.2) is 32.5 Å². The van der Waals surface area contributed by atoms with Crippen molar-refractivity contribution in [2.24, 2.45) is 0 Å². The molecule has 0 saturated heterocycles. The molecule has 0 saturated carbocycles. The maximum Gasteiger partial charge on any atom is 0.189 e. The van der Waals surface area contributed by atoms with Crippen molar-refractivity contribution in [3.63, 3.8) is 0 Å². The lowest BCUT2D eigenvalue weighted by Gasteiger charge is -2.11. The van der Waals surface area contributed by atoms with E-state index >= 15 is 0 Å². The zero-order chi connectivity index (χ0) is 21.1. The third-order valence-corrected chi connectivity index (χ3v) is 6.03. The summed E-state index contributed by atoms with van der Waals surface area (Å²) in [6.45, 7) is 9.17. The van der Waals surface area contributed by atoms with Crippen LogP contribution >= 0.6 is 15.9 Å². The number of aryl methyl sites for hydroxylation is 3. The maximum absolute atomic E-state index is 12.6. The predicted molar refractivity (Wildman–Crippen MR) is 117 cm³/mol. The van der Waals surface area contributed by atoms with Crippen molar-refractivity contribution in [2.45, 2.75) is 40.8 Å². The highest BCUT2D eigenvalue weighted by Gasteiger charge is 2.13. The molecule has 0 aliphatic carbocycles. The van der Waals surface area contributed by atoms with Crippen LogP contribution in [0.4, 0.5) is 0 Å². The Balaban J connectivity index is 1.86. The number of ether oxygens (including phenoxy) is 1. The third kappa shape index (κ3) is 4.50. The van der Waals surface area contributed by atoms with E-state index in [0.29, 0.717) is 12.1 Å². The molecule has 7 heteroatoms. The van der Waals surface area contributed by atoms with Gasteiger partial charge in [-0.25, -0.2) is 0 Å². The monoisotopic (exact) mass is 456 g/mol. The molecule has 152 valence electrons. The average molecular weight is 457 g/mol. The summed E-state index contributed by atoms with van der Waals surface area (Å²) in [6.07, 6.45) is 5.21. The van der Waals surface area contributed by atoms with E-state index in [2.05, 4.69) is 26.1 Å². The van der Waals surface area contributed by atoms with Crippen molar-refractivity contribution >= 4 is 27.8 Å². The van der Waals surface area contributed by atoms with Crippen LogP contribution < -0.4 is 4.74 Å². The number of methoxy groups -OCH3 is 1. The molecule has 0 unspecified atom stereocenters. The van der Waals surface area contributed by atoms with Crippen LogP contribution in [0, 0.1) is 20.8 Å². The van der Waals surface area contributed by atoms with Crippen molar-refractivity contribution in [3.05, 3.63) is 68.7 Å². The Morgan fingerprint density at radius 3 is 2.55 bits per heavy atom. The molecule has 3 aromatic rings. The Kier molecular flexibility index (Phi) is 6.37. The second-order valence-electron chi connectivity index (χ2n) is 6.90. The lowest BCUT2D eigenvalue weighted by atomic mass is 10.1. The predicted octanol–water partition coefficient (Wildman–Crippen LogP) is 4.74. The summed E-state index contributed by atoms with van der Waals surface area (Å²) in [4.78, 5) is 12.6. The Morgan fingerprint density at radius 1 is 1.21 bits per heavy atom. The molecular weight excluding hydrogens is 432 g/mol. The second-order valence-corrected chi connectivity index (χ2v) is 7.69. The van der Waals surface area contributed by atoms with Crippen molar-refractivity contribution in [3.8, 4) is 5.75 Å². The van der Waals surface area contributed by atoms with Gasteiger partial charge >= 0.3 is 0 Å². The highest BCUT2D eigenvalue weighted by molar-refractivity contribution is 9.10. The summed E-state index contributed by atoms with van der Waals surface area (Å²) >= 11 is 3.57. The lowest BCUT2D eigenvalue weighted by Crippen LogP contribution is -2.06. The quantitative estimate of drug-likeness (QED) is 0.380. The minimum Gasteiger partial charge on any atom is -0.496 e. The molecule has 0 aliphatic heterocycles. The van der Waals surface area contributed by atoms with E-state index in [9.17, 15) is 4.79 Å². The maximum atomic E-state index is 12.6. The molecule has 0 atom stereocenters. The number of aromatic nitrogens is 4. The fourth-order valence-electron chi connectivity index (χ4n) is 3.20. The highest BCUT2D eigenvalue weighted by atomic mass is 79.9. The van der Waals surface area contributed by atoms with Crippen LogP contribution in [0.2, 0.25) is 0 Å². The average Bonchev–Trinajstić information content (AvgIpc) is 3.21. The van der Waals surface area contributed by atoms with Gasteiger partial charge in [0.05, 0.1) is 40.8 Å². The molecule has 0 aliphatic rings. The van der Waals surface area contributed by atoms with Gasteiger partial charge in [-0.3, -0.25) is 14.2 Å². The largest absolute Gasteiger partial charge is 0.496 e. The summed E-state index contributed by atoms with van der Waals surface area (Å²) in [5, 5.41) is 8.91. The first-order valence-corrected chi connectivity index (χ1v) is 10.3. The summed E-state index contributed by atoms with van der Waals surface area (Å²) < 4.78 is 10.3. The lowest BCUT2D eigenvalue weighted by molar-refractivity contribution is 0.104. The first-order chi connectivity index (χ1) is 13.8. The zero-order valence-corrected chi connectivity index (χ0v) is 18.9. The molecule has 2 heterocycles. The van der Waals surface area contributed by atoms with Crippen LogP contribution in [0.15, 0.2) is 34.9 Å². The van der Waals surface area contributed by atoms with Gasteiger partial charge in [0.1, 0.15) is 5.75 Å². The van der Waals surface area contributed by atoms with Gasteiger partial charge < -0.3 is 4.74 Å². The summed E-state index contributed by atoms with van der Waals surface area (Å²) in [5.74, 6) is 0.735. The van der Waals surface area contributed by atoms with E-state index in [1.54, 1.807) is 24.1 Å². The van der Waals surface area contributed by atoms with Crippen molar-refractivity contribution in [1.29, 1.82) is 0 Å². The fourth-order valence-corrected chi connectivity index (χ4v) is 3.48. The first kappa shape index (κ1) is 21.0. The molecule has 0 bridgehead atoms. The minimum atomic E-state index is -0.0537. The van der Waals surface area contributed by atoms with Gasteiger partial charge in [-0.1, -0.05) is 12.1 Å². The fraction of sp³-hybridized carbons (Fsp3) is 0.318. The van der Waals surface area contributed by atoms with Gasteiger partial charge in [-0.15, -0.1) is 0 Å². The standard InChI is InChI=1S/C22H25BrN4O2/c1-6-26-13-19(14(2)24-26)20(28)9-7-17-8-10-21(29-5)18(11-17)12-27-16(4)22(23)15(3)25-27/h7-11,13H,6,12H2,1-5H3/b9-7+. The minimum absolute atomic E-state index is 0.0537. The number of rotatable bonds is 7. The summed E-state index contributed by atoms with van der Waals surface area (Å²) in [7, 11) is 1.66. The number of carbonyl (C=O) groups excluding carboxylic acids is 1. The third-order valence-electron chi connectivity index (χ3n) is 4.88. The van der Waals surface area contributed by atoms with Crippen molar-refractivity contribution in [1.82, 2.24) is 19.6 Å². The van der Waals surface area contributed by atoms with Gasteiger partial charge in [-0.05, 0) is 67.4 Å². The van der Waals surface area contributed by atoms with Crippen molar-refractivity contribution < 1.29 is 9.53 Å². The van der Waals surface area contributed by atoms with Crippen LogP contribution in [0.25, 0.3) is 6.08 Å². The van der Waals surface area contributed by atoms with E-state index in [-0.39, 0.29) is 5.78 Å². The van der Waals surface area contributed by atoms with E-state index in [1.807, 2.05) is 56.7 Å². The highest BCUT2D eigenvalue weighted by Crippen LogP contribution is 2.25. The van der Waals surface area contributed by atoms with E-state index in [1.165, 1.54) is 0 Å². The number of carbonyl (C=O) groups is 1. The van der Waals surface area contributed by atoms with Gasteiger partial charge in [0, 0.05) is 18.3 Å². The first-order valence-electron chi connectivity index (χ1n) is 9.47. The van der Waals surface area contributed by atoms with Gasteiger partial charge in [0.15, 0.2) is 5.78 Å². The van der Waals surface area contributed by atoms with Crippen molar-refractivity contribution in [2.75, 3.05) is 7.11 Å². The molecule has 3 rings (SSSR count). The van der Waals surface area contributed by atoms with Crippen LogP contribution in [0.1, 0.15) is 45.5 Å². The van der Waals surface area contributed by atoms with E-state index in [4.69, 9.17) is 4.74 Å². The topological polar surface area (TPSA) is 61.9 Å². The molecule has 0 N–H and O–H groups in total. The molecule has 1 aromatic carbocycles.